The molecule has 162 valence electrons. The van der Waals surface area contributed by atoms with Gasteiger partial charge in [0.05, 0.1) is 0 Å². The van der Waals surface area contributed by atoms with Crippen molar-refractivity contribution in [3.05, 3.63) is 76.8 Å². The van der Waals surface area contributed by atoms with E-state index in [9.17, 15) is 4.79 Å². The lowest BCUT2D eigenvalue weighted by atomic mass is 10.1. The number of carbonyl (C=O) groups is 1. The maximum Gasteiger partial charge on any atom is 0.244 e. The van der Waals surface area contributed by atoms with E-state index in [-0.39, 0.29) is 12.5 Å². The largest absolute Gasteiger partial charge is 0.385 e. The molecule has 1 amide bonds. The van der Waals surface area contributed by atoms with Crippen LogP contribution < -0.4 is 5.32 Å². The third kappa shape index (κ3) is 6.15. The molecular formula is C23H27BrN6O. The second-order valence-electron chi connectivity index (χ2n) is 7.75. The molecule has 7 nitrogen and oxygen atoms in total. The Bertz CT molecular complexity index is 979. The Balaban J connectivity index is 1.54. The van der Waals surface area contributed by atoms with Gasteiger partial charge in [0.2, 0.25) is 5.91 Å². The van der Waals surface area contributed by atoms with Crippen LogP contribution in [-0.2, 0) is 24.4 Å². The summed E-state index contributed by atoms with van der Waals surface area (Å²) in [5.41, 5.74) is 3.48. The molecule has 8 heteroatoms. The summed E-state index contributed by atoms with van der Waals surface area (Å²) < 4.78 is 2.59. The summed E-state index contributed by atoms with van der Waals surface area (Å²) in [5, 5.41) is 7.66. The van der Waals surface area contributed by atoms with Crippen molar-refractivity contribution in [3.8, 4) is 0 Å². The van der Waals surface area contributed by atoms with Crippen molar-refractivity contribution in [3.63, 3.8) is 0 Å². The molecule has 0 atom stereocenters. The minimum absolute atomic E-state index is 0.0373. The van der Waals surface area contributed by atoms with E-state index in [4.69, 9.17) is 0 Å². The van der Waals surface area contributed by atoms with Gasteiger partial charge in [-0.05, 0) is 35.7 Å². The Morgan fingerprint density at radius 1 is 1.10 bits per heavy atom. The highest BCUT2D eigenvalue weighted by Gasteiger charge is 2.19. The van der Waals surface area contributed by atoms with Crippen molar-refractivity contribution in [1.82, 2.24) is 24.6 Å². The average molecular weight is 483 g/mol. The zero-order valence-corrected chi connectivity index (χ0v) is 19.0. The molecule has 0 saturated carbocycles. The maximum absolute atomic E-state index is 13.2. The van der Waals surface area contributed by atoms with Crippen LogP contribution in [0, 0.1) is 0 Å². The Morgan fingerprint density at radius 2 is 1.97 bits per heavy atom. The van der Waals surface area contributed by atoms with Crippen LogP contribution in [-0.4, -0.2) is 56.7 Å². The molecule has 0 spiro atoms. The monoisotopic (exact) mass is 482 g/mol. The molecular weight excluding hydrogens is 456 g/mol. The average Bonchev–Trinajstić information content (AvgIpc) is 3.27. The number of anilines is 1. The molecule has 0 aliphatic carbocycles. The summed E-state index contributed by atoms with van der Waals surface area (Å²) in [6.45, 7) is 4.97. The first-order valence-electron chi connectivity index (χ1n) is 10.6. The summed E-state index contributed by atoms with van der Waals surface area (Å²) in [6.07, 6.45) is 4.07. The van der Waals surface area contributed by atoms with E-state index in [0.29, 0.717) is 13.1 Å². The molecule has 0 radical (unpaired) electrons. The topological polar surface area (TPSA) is 66.3 Å². The van der Waals surface area contributed by atoms with Crippen molar-refractivity contribution in [1.29, 1.82) is 0 Å². The number of benzene rings is 2. The first kappa shape index (κ1) is 21.5. The normalized spacial score (nSPS) is 15.6. The SMILES string of the molecule is O=C(Cn1cncn1)N1CCN(Cc2ccccc2)CCCNc2ccc(Br)cc2C1. The maximum atomic E-state index is 13.2. The van der Waals surface area contributed by atoms with E-state index in [1.807, 2.05) is 17.0 Å². The highest BCUT2D eigenvalue weighted by molar-refractivity contribution is 9.10. The molecule has 1 aliphatic heterocycles. The van der Waals surface area contributed by atoms with Gasteiger partial charge in [-0.15, -0.1) is 0 Å². The second-order valence-corrected chi connectivity index (χ2v) is 8.67. The van der Waals surface area contributed by atoms with Gasteiger partial charge in [-0.25, -0.2) is 9.67 Å². The van der Waals surface area contributed by atoms with E-state index in [1.54, 1.807) is 11.0 Å². The smallest absolute Gasteiger partial charge is 0.244 e. The Hall–Kier alpha value is -2.71. The van der Waals surface area contributed by atoms with Gasteiger partial charge >= 0.3 is 0 Å². The molecule has 1 aromatic heterocycles. The Morgan fingerprint density at radius 3 is 2.77 bits per heavy atom. The second kappa shape index (κ2) is 10.5. The number of halogens is 1. The number of hydrogen-bond donors (Lipinski definition) is 1. The fourth-order valence-electron chi connectivity index (χ4n) is 3.82. The minimum atomic E-state index is 0.0373. The van der Waals surface area contributed by atoms with Gasteiger partial charge in [0.1, 0.15) is 19.2 Å². The van der Waals surface area contributed by atoms with Gasteiger partial charge in [-0.3, -0.25) is 9.69 Å². The standard InChI is InChI=1S/C23H27BrN6O/c24-21-7-8-22-20(13-21)15-29(23(31)16-30-18-25-17-27-30)12-11-28(10-4-9-26-22)14-19-5-2-1-3-6-19/h1-3,5-8,13,17-18,26H,4,9-12,14-16H2. The van der Waals surface area contributed by atoms with Gasteiger partial charge in [-0.2, -0.15) is 5.10 Å². The van der Waals surface area contributed by atoms with Crippen LogP contribution in [0.25, 0.3) is 0 Å². The molecule has 0 unspecified atom stereocenters. The number of fused-ring (bicyclic) bond motifs is 1. The summed E-state index contributed by atoms with van der Waals surface area (Å²) in [7, 11) is 0. The lowest BCUT2D eigenvalue weighted by Gasteiger charge is -2.28. The highest BCUT2D eigenvalue weighted by atomic mass is 79.9. The van der Waals surface area contributed by atoms with Crippen molar-refractivity contribution < 1.29 is 4.79 Å². The molecule has 2 aromatic carbocycles. The lowest BCUT2D eigenvalue weighted by Crippen LogP contribution is -2.40. The quantitative estimate of drug-likeness (QED) is 0.617. The first-order chi connectivity index (χ1) is 15.2. The van der Waals surface area contributed by atoms with Crippen molar-refractivity contribution in [2.24, 2.45) is 0 Å². The Kier molecular flexibility index (Phi) is 7.32. The van der Waals surface area contributed by atoms with Gasteiger partial charge in [0, 0.05) is 49.4 Å². The number of nitrogens with one attached hydrogen (secondary N) is 1. The fraction of sp³-hybridized carbons (Fsp3) is 0.348. The Labute approximate surface area is 191 Å². The summed E-state index contributed by atoms with van der Waals surface area (Å²) >= 11 is 3.58. The molecule has 0 saturated heterocycles. The van der Waals surface area contributed by atoms with Crippen LogP contribution in [0.4, 0.5) is 5.69 Å². The third-order valence-electron chi connectivity index (χ3n) is 5.45. The van der Waals surface area contributed by atoms with Crippen molar-refractivity contribution in [2.45, 2.75) is 26.1 Å². The van der Waals surface area contributed by atoms with Crippen molar-refractivity contribution >= 4 is 27.5 Å². The molecule has 4 rings (SSSR count). The van der Waals surface area contributed by atoms with Crippen LogP contribution in [0.15, 0.2) is 65.7 Å². The number of rotatable bonds is 4. The zero-order chi connectivity index (χ0) is 21.5. The van der Waals surface area contributed by atoms with Gasteiger partial charge < -0.3 is 10.2 Å². The predicted octanol–water partition coefficient (Wildman–Crippen LogP) is 3.39. The summed E-state index contributed by atoms with van der Waals surface area (Å²) in [4.78, 5) is 21.5. The van der Waals surface area contributed by atoms with Gasteiger partial charge in [0.25, 0.3) is 0 Å². The van der Waals surface area contributed by atoms with Crippen LogP contribution in [0.2, 0.25) is 0 Å². The van der Waals surface area contributed by atoms with Crippen LogP contribution in [0.5, 0.6) is 0 Å². The molecule has 0 fully saturated rings. The summed E-state index contributed by atoms with van der Waals surface area (Å²) in [5.74, 6) is 0.0373. The van der Waals surface area contributed by atoms with E-state index in [0.717, 1.165) is 48.3 Å². The van der Waals surface area contributed by atoms with Crippen LogP contribution in [0.1, 0.15) is 17.5 Å². The summed E-state index contributed by atoms with van der Waals surface area (Å²) in [6, 6.07) is 16.7. The lowest BCUT2D eigenvalue weighted by molar-refractivity contribution is -0.132. The van der Waals surface area contributed by atoms with Gasteiger partial charge in [0.15, 0.2) is 0 Å². The number of hydrogen-bond acceptors (Lipinski definition) is 5. The van der Waals surface area contributed by atoms with E-state index < -0.39 is 0 Å². The van der Waals surface area contributed by atoms with E-state index in [1.165, 1.54) is 11.9 Å². The molecule has 3 aromatic rings. The van der Waals surface area contributed by atoms with E-state index >= 15 is 0 Å². The molecule has 1 aliphatic rings. The van der Waals surface area contributed by atoms with Crippen LogP contribution in [0.3, 0.4) is 0 Å². The third-order valence-corrected chi connectivity index (χ3v) is 5.94. The number of nitrogens with zero attached hydrogens (tertiary/aromatic N) is 5. The molecule has 31 heavy (non-hydrogen) atoms. The first-order valence-corrected chi connectivity index (χ1v) is 11.4. The van der Waals surface area contributed by atoms with E-state index in [2.05, 4.69) is 72.6 Å². The highest BCUT2D eigenvalue weighted by Crippen LogP contribution is 2.23. The van der Waals surface area contributed by atoms with Crippen molar-refractivity contribution in [2.75, 3.05) is 31.5 Å². The predicted molar refractivity (Wildman–Crippen MR) is 124 cm³/mol. The number of amides is 1. The fourth-order valence-corrected chi connectivity index (χ4v) is 4.22. The number of carbonyl (C=O) groups excluding carboxylic acids is 1. The molecule has 0 bridgehead atoms. The van der Waals surface area contributed by atoms with Gasteiger partial charge in [-0.1, -0.05) is 46.3 Å². The minimum Gasteiger partial charge on any atom is -0.385 e. The number of aromatic nitrogens is 3. The molecule has 2 heterocycles. The zero-order valence-electron chi connectivity index (χ0n) is 17.5. The molecule has 1 N–H and O–H groups in total. The van der Waals surface area contributed by atoms with Crippen LogP contribution >= 0.6 is 15.9 Å².